The number of thiophene rings is 1. The van der Waals surface area contributed by atoms with Crippen LogP contribution < -0.4 is 5.73 Å². The molecule has 0 spiro atoms. The second-order valence-corrected chi connectivity index (χ2v) is 6.48. The van der Waals surface area contributed by atoms with Gasteiger partial charge in [-0.2, -0.15) is 0 Å². The minimum Gasteiger partial charge on any atom is -0.320 e. The lowest BCUT2D eigenvalue weighted by Crippen LogP contribution is -2.13. The fraction of sp³-hybridized carbons (Fsp3) is 0.286. The molecule has 2 N–H and O–H groups in total. The summed E-state index contributed by atoms with van der Waals surface area (Å²) < 4.78 is 1.15. The summed E-state index contributed by atoms with van der Waals surface area (Å²) in [4.78, 5) is 2.49. The SMILES string of the molecule is Cc1cccc(C)c1C(N)c1cc(Br)c(C)s1. The fourth-order valence-electron chi connectivity index (χ4n) is 2.09. The van der Waals surface area contributed by atoms with Gasteiger partial charge in [0.05, 0.1) is 6.04 Å². The average Bonchev–Trinajstić information content (AvgIpc) is 2.59. The second kappa shape index (κ2) is 4.92. The van der Waals surface area contributed by atoms with Crippen molar-refractivity contribution >= 4 is 27.3 Å². The quantitative estimate of drug-likeness (QED) is 0.869. The van der Waals surface area contributed by atoms with Crippen LogP contribution in [0.3, 0.4) is 0 Å². The van der Waals surface area contributed by atoms with Crippen LogP contribution in [0.25, 0.3) is 0 Å². The maximum atomic E-state index is 6.39. The van der Waals surface area contributed by atoms with Crippen molar-refractivity contribution in [2.24, 2.45) is 5.73 Å². The molecule has 0 bridgehead atoms. The number of hydrogen-bond donors (Lipinski definition) is 1. The molecule has 2 rings (SSSR count). The molecule has 1 aromatic carbocycles. The van der Waals surface area contributed by atoms with E-state index in [1.54, 1.807) is 11.3 Å². The Morgan fingerprint density at radius 2 is 1.76 bits per heavy atom. The van der Waals surface area contributed by atoms with E-state index in [1.807, 2.05) is 0 Å². The van der Waals surface area contributed by atoms with Gasteiger partial charge in [-0.05, 0) is 59.5 Å². The number of hydrogen-bond acceptors (Lipinski definition) is 2. The summed E-state index contributed by atoms with van der Waals surface area (Å²) in [5, 5.41) is 0. The summed E-state index contributed by atoms with van der Waals surface area (Å²) in [7, 11) is 0. The van der Waals surface area contributed by atoms with E-state index in [4.69, 9.17) is 5.73 Å². The van der Waals surface area contributed by atoms with E-state index in [2.05, 4.69) is 61.0 Å². The molecule has 2 aromatic rings. The van der Waals surface area contributed by atoms with Crippen molar-refractivity contribution in [2.45, 2.75) is 26.8 Å². The molecule has 1 atom stereocenters. The van der Waals surface area contributed by atoms with Crippen molar-refractivity contribution in [1.29, 1.82) is 0 Å². The van der Waals surface area contributed by atoms with E-state index < -0.39 is 0 Å². The predicted molar refractivity (Wildman–Crippen MR) is 78.7 cm³/mol. The lowest BCUT2D eigenvalue weighted by molar-refractivity contribution is 0.871. The Balaban J connectivity index is 2.47. The molecule has 0 radical (unpaired) electrons. The van der Waals surface area contributed by atoms with E-state index in [0.29, 0.717) is 0 Å². The van der Waals surface area contributed by atoms with Crippen LogP contribution in [0, 0.1) is 20.8 Å². The third-order valence-electron chi connectivity index (χ3n) is 3.04. The van der Waals surface area contributed by atoms with Gasteiger partial charge in [0.1, 0.15) is 0 Å². The Hall–Kier alpha value is -0.640. The number of benzene rings is 1. The van der Waals surface area contributed by atoms with Crippen molar-refractivity contribution in [3.8, 4) is 0 Å². The van der Waals surface area contributed by atoms with Crippen molar-refractivity contribution in [3.63, 3.8) is 0 Å². The summed E-state index contributed by atoms with van der Waals surface area (Å²) in [6.45, 7) is 6.35. The largest absolute Gasteiger partial charge is 0.320 e. The molecule has 90 valence electrons. The highest BCUT2D eigenvalue weighted by molar-refractivity contribution is 9.10. The maximum absolute atomic E-state index is 6.39. The first-order valence-electron chi connectivity index (χ1n) is 5.58. The Morgan fingerprint density at radius 1 is 1.18 bits per heavy atom. The Bertz CT molecular complexity index is 505. The maximum Gasteiger partial charge on any atom is 0.0651 e. The van der Waals surface area contributed by atoms with Crippen molar-refractivity contribution in [3.05, 3.63) is 55.2 Å². The zero-order valence-corrected chi connectivity index (χ0v) is 12.7. The number of halogens is 1. The van der Waals surface area contributed by atoms with Crippen molar-refractivity contribution < 1.29 is 0 Å². The molecule has 0 aliphatic rings. The van der Waals surface area contributed by atoms with Gasteiger partial charge in [-0.1, -0.05) is 18.2 Å². The summed E-state index contributed by atoms with van der Waals surface area (Å²) in [5.74, 6) is 0. The third-order valence-corrected chi connectivity index (χ3v) is 5.26. The van der Waals surface area contributed by atoms with Crippen LogP contribution in [0.4, 0.5) is 0 Å². The summed E-state index contributed by atoms with van der Waals surface area (Å²) >= 11 is 5.31. The molecular formula is C14H16BrNS. The molecule has 0 saturated heterocycles. The topological polar surface area (TPSA) is 26.0 Å². The van der Waals surface area contributed by atoms with Gasteiger partial charge < -0.3 is 5.73 Å². The van der Waals surface area contributed by atoms with Gasteiger partial charge in [0, 0.05) is 14.2 Å². The zero-order valence-electron chi connectivity index (χ0n) is 10.3. The van der Waals surface area contributed by atoms with Crippen LogP contribution in [-0.4, -0.2) is 0 Å². The van der Waals surface area contributed by atoms with Gasteiger partial charge in [-0.3, -0.25) is 0 Å². The molecule has 0 saturated carbocycles. The molecule has 0 aliphatic carbocycles. The average molecular weight is 310 g/mol. The van der Waals surface area contributed by atoms with Crippen LogP contribution in [-0.2, 0) is 0 Å². The fourth-order valence-corrected chi connectivity index (χ4v) is 3.67. The highest BCUT2D eigenvalue weighted by atomic mass is 79.9. The molecular weight excluding hydrogens is 294 g/mol. The van der Waals surface area contributed by atoms with Crippen LogP contribution in [0.5, 0.6) is 0 Å². The summed E-state index contributed by atoms with van der Waals surface area (Å²) in [6, 6.07) is 8.44. The molecule has 0 fully saturated rings. The summed E-state index contributed by atoms with van der Waals surface area (Å²) in [5.41, 5.74) is 10.2. The minimum absolute atomic E-state index is 0.0220. The van der Waals surface area contributed by atoms with Gasteiger partial charge in [0.2, 0.25) is 0 Å². The highest BCUT2D eigenvalue weighted by Crippen LogP contribution is 2.34. The predicted octanol–water partition coefficient (Wildman–Crippen LogP) is 4.48. The van der Waals surface area contributed by atoms with Crippen LogP contribution in [0.15, 0.2) is 28.7 Å². The van der Waals surface area contributed by atoms with Crippen LogP contribution in [0.1, 0.15) is 32.5 Å². The van der Waals surface area contributed by atoms with E-state index in [1.165, 1.54) is 26.4 Å². The zero-order chi connectivity index (χ0) is 12.6. The monoisotopic (exact) mass is 309 g/mol. The first-order chi connectivity index (χ1) is 8.00. The summed E-state index contributed by atoms with van der Waals surface area (Å²) in [6.07, 6.45) is 0. The third kappa shape index (κ3) is 2.46. The van der Waals surface area contributed by atoms with E-state index in [-0.39, 0.29) is 6.04 Å². The normalized spacial score (nSPS) is 12.8. The first kappa shape index (κ1) is 12.8. The number of aryl methyl sites for hydroxylation is 3. The van der Waals surface area contributed by atoms with Gasteiger partial charge in [-0.25, -0.2) is 0 Å². The molecule has 1 heterocycles. The Morgan fingerprint density at radius 3 is 2.24 bits per heavy atom. The molecule has 1 aromatic heterocycles. The molecule has 0 aliphatic heterocycles. The van der Waals surface area contributed by atoms with E-state index >= 15 is 0 Å². The van der Waals surface area contributed by atoms with Gasteiger partial charge in [0.25, 0.3) is 0 Å². The van der Waals surface area contributed by atoms with E-state index in [0.717, 1.165) is 4.47 Å². The second-order valence-electron chi connectivity index (χ2n) is 4.34. The van der Waals surface area contributed by atoms with Gasteiger partial charge in [0.15, 0.2) is 0 Å². The molecule has 3 heteroatoms. The van der Waals surface area contributed by atoms with Crippen LogP contribution >= 0.6 is 27.3 Å². The van der Waals surface area contributed by atoms with Crippen molar-refractivity contribution in [2.75, 3.05) is 0 Å². The lowest BCUT2D eigenvalue weighted by atomic mass is 9.96. The van der Waals surface area contributed by atoms with Crippen LogP contribution in [0.2, 0.25) is 0 Å². The number of rotatable bonds is 2. The molecule has 0 amide bonds. The van der Waals surface area contributed by atoms with Crippen molar-refractivity contribution in [1.82, 2.24) is 0 Å². The molecule has 1 unspecified atom stereocenters. The standard InChI is InChI=1S/C14H16BrNS/c1-8-5-4-6-9(2)13(8)14(16)12-7-11(15)10(3)17-12/h4-7,14H,16H2,1-3H3. The van der Waals surface area contributed by atoms with E-state index in [9.17, 15) is 0 Å². The smallest absolute Gasteiger partial charge is 0.0651 e. The number of nitrogens with two attached hydrogens (primary N) is 1. The first-order valence-corrected chi connectivity index (χ1v) is 7.19. The highest BCUT2D eigenvalue weighted by Gasteiger charge is 2.16. The lowest BCUT2D eigenvalue weighted by Gasteiger charge is -2.16. The Kier molecular flexibility index (Phi) is 3.71. The van der Waals surface area contributed by atoms with Gasteiger partial charge >= 0.3 is 0 Å². The molecule has 17 heavy (non-hydrogen) atoms. The molecule has 1 nitrogen and oxygen atoms in total. The Labute approximate surface area is 115 Å². The van der Waals surface area contributed by atoms with Gasteiger partial charge in [-0.15, -0.1) is 11.3 Å². The minimum atomic E-state index is -0.0220.